The summed E-state index contributed by atoms with van der Waals surface area (Å²) in [5.41, 5.74) is 3.48. The number of aromatic carboxylic acids is 1. The molecule has 4 nitrogen and oxygen atoms in total. The second-order valence-electron chi connectivity index (χ2n) is 3.78. The minimum Gasteiger partial charge on any atom is -0.478 e. The lowest BCUT2D eigenvalue weighted by molar-refractivity contribution is 0.0697. The van der Waals surface area contributed by atoms with Gasteiger partial charge in [0.15, 0.2) is 0 Å². The van der Waals surface area contributed by atoms with Crippen molar-refractivity contribution in [2.24, 2.45) is 0 Å². The van der Waals surface area contributed by atoms with Gasteiger partial charge in [-0.15, -0.1) is 11.3 Å². The molecule has 1 heterocycles. The van der Waals surface area contributed by atoms with Crippen LogP contribution in [-0.2, 0) is 0 Å². The van der Waals surface area contributed by atoms with Crippen LogP contribution in [0.2, 0.25) is 5.02 Å². The smallest absolute Gasteiger partial charge is 0.337 e. The van der Waals surface area contributed by atoms with Crippen LogP contribution < -0.4 is 5.32 Å². The van der Waals surface area contributed by atoms with E-state index in [2.05, 4.69) is 10.3 Å². The number of aromatic nitrogens is 1. The Hall–Kier alpha value is -1.59. The van der Waals surface area contributed by atoms with Crippen LogP contribution in [0.4, 0.5) is 5.69 Å². The van der Waals surface area contributed by atoms with Gasteiger partial charge >= 0.3 is 5.97 Å². The largest absolute Gasteiger partial charge is 0.478 e. The quantitative estimate of drug-likeness (QED) is 0.898. The first-order valence-corrected chi connectivity index (χ1v) is 6.57. The maximum Gasteiger partial charge on any atom is 0.337 e. The molecule has 0 aliphatic rings. The molecule has 2 N–H and O–H groups in total. The highest BCUT2D eigenvalue weighted by Crippen LogP contribution is 2.24. The van der Waals surface area contributed by atoms with Crippen LogP contribution in [0, 0.1) is 0 Å². The second-order valence-corrected chi connectivity index (χ2v) is 4.90. The first-order valence-electron chi connectivity index (χ1n) is 5.25. The van der Waals surface area contributed by atoms with Gasteiger partial charge < -0.3 is 10.4 Å². The van der Waals surface area contributed by atoms with Crippen LogP contribution in [0.5, 0.6) is 0 Å². The summed E-state index contributed by atoms with van der Waals surface area (Å²) < 4.78 is 0. The Labute approximate surface area is 113 Å². The number of nitrogens with one attached hydrogen (secondary N) is 1. The van der Waals surface area contributed by atoms with Crippen LogP contribution in [0.3, 0.4) is 0 Å². The highest BCUT2D eigenvalue weighted by molar-refractivity contribution is 7.07. The molecule has 0 fully saturated rings. The fourth-order valence-corrected chi connectivity index (χ4v) is 2.38. The molecule has 6 heteroatoms. The maximum atomic E-state index is 11.0. The van der Waals surface area contributed by atoms with Gasteiger partial charge in [-0.2, -0.15) is 0 Å². The molecule has 1 aromatic heterocycles. The Bertz CT molecular complexity index is 557. The number of nitrogens with zero attached hydrogens (tertiary/aromatic N) is 1. The lowest BCUT2D eigenvalue weighted by atomic mass is 10.1. The van der Waals surface area contributed by atoms with E-state index in [-0.39, 0.29) is 16.6 Å². The number of rotatable bonds is 4. The Morgan fingerprint density at radius 3 is 2.94 bits per heavy atom. The number of anilines is 1. The molecule has 0 amide bonds. The summed E-state index contributed by atoms with van der Waals surface area (Å²) in [6, 6.07) is 4.85. The van der Waals surface area contributed by atoms with Crippen molar-refractivity contribution in [3.63, 3.8) is 0 Å². The minimum absolute atomic E-state index is 0.0130. The number of carboxylic acid groups (broad SMARTS) is 1. The van der Waals surface area contributed by atoms with Gasteiger partial charge in [0.1, 0.15) is 0 Å². The molecule has 2 rings (SSSR count). The Balaban J connectivity index is 2.20. The van der Waals surface area contributed by atoms with E-state index in [0.717, 1.165) is 5.69 Å². The molecule has 1 atom stereocenters. The molecule has 0 saturated carbocycles. The number of hydrogen-bond acceptors (Lipinski definition) is 4. The summed E-state index contributed by atoms with van der Waals surface area (Å²) in [4.78, 5) is 15.2. The van der Waals surface area contributed by atoms with E-state index in [1.165, 1.54) is 17.4 Å². The number of carbonyl (C=O) groups is 1. The molecule has 94 valence electrons. The van der Waals surface area contributed by atoms with Crippen LogP contribution in [0.15, 0.2) is 29.1 Å². The third-order valence-corrected chi connectivity index (χ3v) is 3.41. The standard InChI is InChI=1S/C12H11ClN2O2S/c1-7(11-5-18-6-14-11)15-8-2-3-10(13)9(4-8)12(16)17/h2-7,15H,1H3,(H,16,17). The van der Waals surface area contributed by atoms with Crippen LogP contribution >= 0.6 is 22.9 Å². The first-order chi connectivity index (χ1) is 8.58. The predicted octanol–water partition coefficient (Wildman–Crippen LogP) is 3.67. The molecule has 0 bridgehead atoms. The topological polar surface area (TPSA) is 62.2 Å². The zero-order valence-electron chi connectivity index (χ0n) is 9.55. The fourth-order valence-electron chi connectivity index (χ4n) is 1.54. The van der Waals surface area contributed by atoms with Crippen LogP contribution in [0.1, 0.15) is 29.0 Å². The zero-order valence-corrected chi connectivity index (χ0v) is 11.1. The molecule has 0 radical (unpaired) electrons. The normalized spacial score (nSPS) is 12.1. The van der Waals surface area contributed by atoms with E-state index in [0.29, 0.717) is 5.69 Å². The number of carboxylic acids is 1. The molecule has 2 aromatic rings. The van der Waals surface area contributed by atoms with E-state index in [4.69, 9.17) is 16.7 Å². The van der Waals surface area contributed by atoms with Crippen molar-refractivity contribution >= 4 is 34.6 Å². The van der Waals surface area contributed by atoms with Crippen LogP contribution in [0.25, 0.3) is 0 Å². The summed E-state index contributed by atoms with van der Waals surface area (Å²) >= 11 is 7.33. The number of benzene rings is 1. The fraction of sp³-hybridized carbons (Fsp3) is 0.167. The van der Waals surface area contributed by atoms with Gasteiger partial charge in [0, 0.05) is 11.1 Å². The monoisotopic (exact) mass is 282 g/mol. The van der Waals surface area contributed by atoms with Gasteiger partial charge in [-0.05, 0) is 25.1 Å². The van der Waals surface area contributed by atoms with Crippen LogP contribution in [-0.4, -0.2) is 16.1 Å². The second kappa shape index (κ2) is 5.37. The summed E-state index contributed by atoms with van der Waals surface area (Å²) in [7, 11) is 0. The Morgan fingerprint density at radius 1 is 1.56 bits per heavy atom. The van der Waals surface area contributed by atoms with Crippen molar-refractivity contribution in [2.45, 2.75) is 13.0 Å². The van der Waals surface area contributed by atoms with Crippen molar-refractivity contribution in [3.05, 3.63) is 45.4 Å². The maximum absolute atomic E-state index is 11.0. The minimum atomic E-state index is -1.04. The van der Waals surface area contributed by atoms with Crippen molar-refractivity contribution < 1.29 is 9.90 Å². The molecular formula is C12H11ClN2O2S. The van der Waals surface area contributed by atoms with Gasteiger partial charge in [-0.3, -0.25) is 0 Å². The van der Waals surface area contributed by atoms with Crippen molar-refractivity contribution in [3.8, 4) is 0 Å². The highest BCUT2D eigenvalue weighted by atomic mass is 35.5. The van der Waals surface area contributed by atoms with Gasteiger partial charge in [-0.25, -0.2) is 9.78 Å². The average molecular weight is 283 g/mol. The van der Waals surface area contributed by atoms with E-state index >= 15 is 0 Å². The number of halogens is 1. The lowest BCUT2D eigenvalue weighted by Gasteiger charge is -2.13. The molecule has 0 spiro atoms. The zero-order chi connectivity index (χ0) is 13.1. The molecule has 0 aliphatic carbocycles. The summed E-state index contributed by atoms with van der Waals surface area (Å²) in [6.07, 6.45) is 0. The average Bonchev–Trinajstić information content (AvgIpc) is 2.85. The SMILES string of the molecule is CC(Nc1ccc(Cl)c(C(=O)O)c1)c1cscn1. The van der Waals surface area contributed by atoms with E-state index in [1.807, 2.05) is 12.3 Å². The molecule has 0 saturated heterocycles. The Kier molecular flexibility index (Phi) is 3.84. The van der Waals surface area contributed by atoms with Crippen molar-refractivity contribution in [1.29, 1.82) is 0 Å². The Morgan fingerprint density at radius 2 is 2.33 bits per heavy atom. The molecule has 0 aliphatic heterocycles. The van der Waals surface area contributed by atoms with E-state index < -0.39 is 5.97 Å². The third kappa shape index (κ3) is 2.80. The number of hydrogen-bond donors (Lipinski definition) is 2. The molecular weight excluding hydrogens is 272 g/mol. The van der Waals surface area contributed by atoms with E-state index in [9.17, 15) is 4.79 Å². The summed E-state index contributed by atoms with van der Waals surface area (Å²) in [6.45, 7) is 1.96. The van der Waals surface area contributed by atoms with Gasteiger partial charge in [0.2, 0.25) is 0 Å². The van der Waals surface area contributed by atoms with Crippen molar-refractivity contribution in [1.82, 2.24) is 4.98 Å². The molecule has 1 aromatic carbocycles. The third-order valence-electron chi connectivity index (χ3n) is 2.48. The van der Waals surface area contributed by atoms with Gasteiger partial charge in [-0.1, -0.05) is 11.6 Å². The number of thiazole rings is 1. The summed E-state index contributed by atoms with van der Waals surface area (Å²) in [5.74, 6) is -1.04. The highest BCUT2D eigenvalue weighted by Gasteiger charge is 2.12. The lowest BCUT2D eigenvalue weighted by Crippen LogP contribution is -2.08. The van der Waals surface area contributed by atoms with Gasteiger partial charge in [0.05, 0.1) is 27.8 Å². The molecule has 1 unspecified atom stereocenters. The van der Waals surface area contributed by atoms with Gasteiger partial charge in [0.25, 0.3) is 0 Å². The molecule has 18 heavy (non-hydrogen) atoms. The first kappa shape index (κ1) is 12.9. The predicted molar refractivity (Wildman–Crippen MR) is 72.6 cm³/mol. The van der Waals surface area contributed by atoms with Crippen molar-refractivity contribution in [2.75, 3.05) is 5.32 Å². The van der Waals surface area contributed by atoms with E-state index in [1.54, 1.807) is 17.6 Å². The summed E-state index contributed by atoms with van der Waals surface area (Å²) in [5, 5.41) is 14.4.